The van der Waals surface area contributed by atoms with Crippen LogP contribution in [0.15, 0.2) is 23.1 Å². The predicted molar refractivity (Wildman–Crippen MR) is 96.2 cm³/mol. The average Bonchev–Trinajstić information content (AvgIpc) is 2.89. The van der Waals surface area contributed by atoms with Gasteiger partial charge in [-0.3, -0.25) is 9.36 Å². The van der Waals surface area contributed by atoms with Gasteiger partial charge >= 0.3 is 5.97 Å². The molecule has 0 bridgehead atoms. The summed E-state index contributed by atoms with van der Waals surface area (Å²) in [6, 6.07) is 5.55. The number of pyridine rings is 1. The maximum absolute atomic E-state index is 12.5. The van der Waals surface area contributed by atoms with Crippen molar-refractivity contribution in [2.24, 2.45) is 0 Å². The molecule has 0 aliphatic heterocycles. The first kappa shape index (κ1) is 18.4. The first-order chi connectivity index (χ1) is 12.0. The minimum absolute atomic E-state index is 0.158. The fourth-order valence-corrected chi connectivity index (χ4v) is 3.21. The van der Waals surface area contributed by atoms with E-state index >= 15 is 0 Å². The second-order valence-electron chi connectivity index (χ2n) is 5.04. The second kappa shape index (κ2) is 8.26. The number of aromatic nitrogens is 2. The van der Waals surface area contributed by atoms with Crippen LogP contribution in [0, 0.1) is 18.3 Å². The quantitative estimate of drug-likeness (QED) is 0.791. The molecule has 0 aromatic carbocycles. The van der Waals surface area contributed by atoms with E-state index in [1.54, 1.807) is 20.0 Å². The van der Waals surface area contributed by atoms with Crippen molar-refractivity contribution in [3.63, 3.8) is 0 Å². The van der Waals surface area contributed by atoms with Gasteiger partial charge in [-0.15, -0.1) is 11.3 Å². The summed E-state index contributed by atoms with van der Waals surface area (Å²) in [5.41, 5.74) is 0.588. The van der Waals surface area contributed by atoms with Crippen molar-refractivity contribution in [2.45, 2.75) is 27.3 Å². The highest BCUT2D eigenvalue weighted by Gasteiger charge is 2.16. The molecular formula is C17H18N4O3S. The van der Waals surface area contributed by atoms with Gasteiger partial charge in [-0.05, 0) is 38.5 Å². The van der Waals surface area contributed by atoms with Gasteiger partial charge in [0.2, 0.25) is 0 Å². The molecule has 0 atom stereocenters. The number of carbonyl (C=O) groups is 1. The Morgan fingerprint density at radius 2 is 2.28 bits per heavy atom. The summed E-state index contributed by atoms with van der Waals surface area (Å²) in [5.74, 6) is -0.124. The number of nitrogens with zero attached hydrogens (tertiary/aromatic N) is 3. The van der Waals surface area contributed by atoms with Crippen LogP contribution < -0.4 is 20.1 Å². The number of anilines is 1. The molecule has 0 amide bonds. The summed E-state index contributed by atoms with van der Waals surface area (Å²) in [5, 5.41) is 12.3. The summed E-state index contributed by atoms with van der Waals surface area (Å²) in [6.45, 7) is 5.87. The molecule has 0 spiro atoms. The zero-order chi connectivity index (χ0) is 18.4. The van der Waals surface area contributed by atoms with E-state index in [4.69, 9.17) is 4.74 Å². The third-order valence-electron chi connectivity index (χ3n) is 3.30. The monoisotopic (exact) mass is 358 g/mol. The first-order valence-electron chi connectivity index (χ1n) is 7.72. The molecule has 8 heteroatoms. The van der Waals surface area contributed by atoms with Gasteiger partial charge in [0, 0.05) is 18.9 Å². The summed E-state index contributed by atoms with van der Waals surface area (Å²) < 4.78 is 6.95. The first-order valence-corrected chi connectivity index (χ1v) is 8.54. The van der Waals surface area contributed by atoms with E-state index in [2.05, 4.69) is 10.3 Å². The molecule has 2 rings (SSSR count). The molecule has 0 aliphatic rings. The van der Waals surface area contributed by atoms with Crippen LogP contribution in [-0.2, 0) is 16.1 Å². The molecule has 1 N–H and O–H groups in total. The van der Waals surface area contributed by atoms with E-state index in [1.807, 2.05) is 25.1 Å². The number of ether oxygens (including phenoxy) is 1. The predicted octanol–water partition coefficient (Wildman–Crippen LogP) is 0.721. The van der Waals surface area contributed by atoms with Gasteiger partial charge in [0.05, 0.1) is 6.61 Å². The Bertz CT molecular complexity index is 998. The van der Waals surface area contributed by atoms with E-state index in [-0.39, 0.29) is 17.7 Å². The third-order valence-corrected chi connectivity index (χ3v) is 4.43. The zero-order valence-corrected chi connectivity index (χ0v) is 15.0. The lowest BCUT2D eigenvalue weighted by atomic mass is 10.3. The third kappa shape index (κ3) is 4.14. The van der Waals surface area contributed by atoms with E-state index in [0.717, 1.165) is 16.9 Å². The molecule has 0 aliphatic carbocycles. The molecule has 2 aromatic rings. The highest BCUT2D eigenvalue weighted by Crippen LogP contribution is 2.04. The van der Waals surface area contributed by atoms with Crippen molar-refractivity contribution < 1.29 is 9.53 Å². The van der Waals surface area contributed by atoms with Crippen molar-refractivity contribution >= 4 is 34.9 Å². The lowest BCUT2D eigenvalue weighted by Crippen LogP contribution is -2.32. The van der Waals surface area contributed by atoms with Gasteiger partial charge in [-0.25, -0.2) is 9.78 Å². The van der Waals surface area contributed by atoms with Gasteiger partial charge in [0.25, 0.3) is 5.56 Å². The molecule has 0 saturated carbocycles. The minimum atomic E-state index is -0.728. The van der Waals surface area contributed by atoms with Crippen molar-refractivity contribution in [3.05, 3.63) is 43.4 Å². The molecule has 0 saturated heterocycles. The van der Waals surface area contributed by atoms with Crippen LogP contribution >= 0.6 is 11.3 Å². The molecule has 0 fully saturated rings. The van der Waals surface area contributed by atoms with Crippen molar-refractivity contribution in [1.29, 1.82) is 5.26 Å². The standard InChI is InChI=1S/C17H18N4O3S/c1-4-21-15(22)13(10-20-14-8-11(3)6-7-19-14)25-16(21)12(9-18)17(23)24-5-2/h6-8,10H,4-5H2,1-3H3,(H,19,20). The SMILES string of the molecule is CCOC(=O)C(C#N)=c1sc(=CNc2cc(C)ccn2)c(=O)n1CC. The Balaban J connectivity index is 2.58. The van der Waals surface area contributed by atoms with Crippen LogP contribution in [0.5, 0.6) is 0 Å². The van der Waals surface area contributed by atoms with Gasteiger partial charge in [0.15, 0.2) is 5.57 Å². The maximum atomic E-state index is 12.5. The normalized spacial score (nSPS) is 12.5. The van der Waals surface area contributed by atoms with Crippen LogP contribution in [0.3, 0.4) is 0 Å². The number of hydrogen-bond donors (Lipinski definition) is 1. The minimum Gasteiger partial charge on any atom is -0.462 e. The summed E-state index contributed by atoms with van der Waals surface area (Å²) in [7, 11) is 0. The summed E-state index contributed by atoms with van der Waals surface area (Å²) in [6.07, 6.45) is 3.20. The van der Waals surface area contributed by atoms with E-state index in [1.165, 1.54) is 10.8 Å². The number of hydrogen-bond acceptors (Lipinski definition) is 7. The van der Waals surface area contributed by atoms with Crippen molar-refractivity contribution in [1.82, 2.24) is 9.55 Å². The fourth-order valence-electron chi connectivity index (χ4n) is 2.13. The molecule has 0 radical (unpaired) electrons. The Kier molecular flexibility index (Phi) is 6.08. The highest BCUT2D eigenvalue weighted by molar-refractivity contribution is 7.07. The van der Waals surface area contributed by atoms with Crippen LogP contribution in [0.4, 0.5) is 5.82 Å². The molecule has 25 heavy (non-hydrogen) atoms. The molecule has 7 nitrogen and oxygen atoms in total. The van der Waals surface area contributed by atoms with Gasteiger partial charge < -0.3 is 10.1 Å². The zero-order valence-electron chi connectivity index (χ0n) is 14.2. The van der Waals surface area contributed by atoms with Gasteiger partial charge in [-0.1, -0.05) is 0 Å². The maximum Gasteiger partial charge on any atom is 0.351 e. The van der Waals surface area contributed by atoms with Crippen molar-refractivity contribution in [3.8, 4) is 6.07 Å². The Hall–Kier alpha value is -2.92. The lowest BCUT2D eigenvalue weighted by Gasteiger charge is -2.00. The Labute approximate surface area is 148 Å². The number of carbonyl (C=O) groups excluding carboxylic acids is 1. The van der Waals surface area contributed by atoms with Crippen LogP contribution in [-0.4, -0.2) is 22.1 Å². The van der Waals surface area contributed by atoms with Gasteiger partial charge in [-0.2, -0.15) is 5.26 Å². The van der Waals surface area contributed by atoms with Crippen LogP contribution in [0.2, 0.25) is 0 Å². The van der Waals surface area contributed by atoms with Gasteiger partial charge in [0.1, 0.15) is 21.1 Å². The fraction of sp³-hybridized carbons (Fsp3) is 0.294. The molecule has 2 aromatic heterocycles. The van der Waals surface area contributed by atoms with E-state index in [9.17, 15) is 14.9 Å². The topological polar surface area (TPSA) is 97.0 Å². The number of nitriles is 1. The number of esters is 1. The van der Waals surface area contributed by atoms with Crippen LogP contribution in [0.25, 0.3) is 11.8 Å². The summed E-state index contributed by atoms with van der Waals surface area (Å²) >= 11 is 1.07. The Morgan fingerprint density at radius 3 is 2.88 bits per heavy atom. The largest absolute Gasteiger partial charge is 0.462 e. The lowest BCUT2D eigenvalue weighted by molar-refractivity contribution is -0.136. The molecule has 2 heterocycles. The molecule has 130 valence electrons. The number of nitrogens with one attached hydrogen (secondary N) is 1. The van der Waals surface area contributed by atoms with E-state index in [0.29, 0.717) is 21.6 Å². The van der Waals surface area contributed by atoms with Crippen molar-refractivity contribution in [2.75, 3.05) is 11.9 Å². The number of aryl methyl sites for hydroxylation is 1. The smallest absolute Gasteiger partial charge is 0.351 e. The molecule has 0 unspecified atom stereocenters. The van der Waals surface area contributed by atoms with E-state index < -0.39 is 5.97 Å². The van der Waals surface area contributed by atoms with Crippen LogP contribution in [0.1, 0.15) is 19.4 Å². The molecular weight excluding hydrogens is 340 g/mol. The number of rotatable bonds is 5. The Morgan fingerprint density at radius 1 is 1.52 bits per heavy atom. The number of thiazole rings is 1. The highest BCUT2D eigenvalue weighted by atomic mass is 32.1. The second-order valence-corrected chi connectivity index (χ2v) is 6.07. The summed E-state index contributed by atoms with van der Waals surface area (Å²) in [4.78, 5) is 28.6. The average molecular weight is 358 g/mol.